The van der Waals surface area contributed by atoms with Crippen molar-refractivity contribution in [2.45, 2.75) is 25.8 Å². The minimum atomic E-state index is -0.983. The molecule has 0 radical (unpaired) electrons. The molecule has 1 aromatic carbocycles. The summed E-state index contributed by atoms with van der Waals surface area (Å²) in [4.78, 5) is 10.9. The zero-order chi connectivity index (χ0) is 11.7. The lowest BCUT2D eigenvalue weighted by atomic mass is 9.82. The summed E-state index contributed by atoms with van der Waals surface area (Å²) in [6.45, 7) is 2.20. The lowest BCUT2D eigenvalue weighted by molar-refractivity contribution is 0.0698. The molecule has 0 saturated heterocycles. The molecular weight excluding hydrogens is 204 g/mol. The molecule has 0 unspecified atom stereocenters. The SMILES string of the molecule is CC1CC(Nc2cccc(C(=O)O)c2N)C1. The molecule has 0 bridgehead atoms. The lowest BCUT2D eigenvalue weighted by Crippen LogP contribution is -2.34. The van der Waals surface area contributed by atoms with Crippen molar-refractivity contribution in [3.05, 3.63) is 23.8 Å². The van der Waals surface area contributed by atoms with Crippen LogP contribution in [0.15, 0.2) is 18.2 Å². The Hall–Kier alpha value is -1.71. The summed E-state index contributed by atoms with van der Waals surface area (Å²) in [6, 6.07) is 5.49. The number of hydrogen-bond donors (Lipinski definition) is 3. The number of nitrogen functional groups attached to an aromatic ring is 1. The molecule has 0 spiro atoms. The lowest BCUT2D eigenvalue weighted by Gasteiger charge is -2.34. The van der Waals surface area contributed by atoms with Crippen LogP contribution in [-0.2, 0) is 0 Å². The molecule has 1 aliphatic carbocycles. The number of benzene rings is 1. The predicted molar refractivity (Wildman–Crippen MR) is 63.6 cm³/mol. The zero-order valence-electron chi connectivity index (χ0n) is 9.23. The number of nitrogens with one attached hydrogen (secondary N) is 1. The predicted octanol–water partition coefficient (Wildman–Crippen LogP) is 2.18. The molecule has 1 fully saturated rings. The van der Waals surface area contributed by atoms with Crippen LogP contribution in [0.2, 0.25) is 0 Å². The Balaban J connectivity index is 2.15. The van der Waals surface area contributed by atoms with Crippen molar-refractivity contribution in [2.24, 2.45) is 5.92 Å². The normalized spacial score (nSPS) is 23.6. The van der Waals surface area contributed by atoms with Crippen LogP contribution in [0.25, 0.3) is 0 Å². The second-order valence-electron chi connectivity index (χ2n) is 4.49. The number of hydrogen-bond acceptors (Lipinski definition) is 3. The van der Waals surface area contributed by atoms with Gasteiger partial charge >= 0.3 is 5.97 Å². The van der Waals surface area contributed by atoms with Crippen LogP contribution >= 0.6 is 0 Å². The monoisotopic (exact) mass is 220 g/mol. The average molecular weight is 220 g/mol. The summed E-state index contributed by atoms with van der Waals surface area (Å²) >= 11 is 0. The summed E-state index contributed by atoms with van der Waals surface area (Å²) in [5, 5.41) is 12.2. The van der Waals surface area contributed by atoms with Crippen molar-refractivity contribution in [3.8, 4) is 0 Å². The molecule has 1 aromatic rings. The number of carbonyl (C=O) groups is 1. The summed E-state index contributed by atoms with van der Waals surface area (Å²) in [6.07, 6.45) is 2.24. The highest BCUT2D eigenvalue weighted by atomic mass is 16.4. The van der Waals surface area contributed by atoms with Crippen molar-refractivity contribution in [1.82, 2.24) is 0 Å². The van der Waals surface area contributed by atoms with Crippen LogP contribution in [0, 0.1) is 5.92 Å². The first-order valence-corrected chi connectivity index (χ1v) is 5.46. The molecule has 4 N–H and O–H groups in total. The van der Waals surface area contributed by atoms with E-state index in [9.17, 15) is 4.79 Å². The zero-order valence-corrected chi connectivity index (χ0v) is 9.23. The van der Waals surface area contributed by atoms with Crippen LogP contribution < -0.4 is 11.1 Å². The smallest absolute Gasteiger partial charge is 0.337 e. The molecule has 86 valence electrons. The molecule has 0 aromatic heterocycles. The summed E-state index contributed by atoms with van der Waals surface area (Å²) in [7, 11) is 0. The van der Waals surface area contributed by atoms with E-state index in [1.54, 1.807) is 6.07 Å². The number of para-hydroxylation sites is 1. The van der Waals surface area contributed by atoms with Gasteiger partial charge in [-0.25, -0.2) is 4.79 Å². The van der Waals surface area contributed by atoms with E-state index in [1.807, 2.05) is 6.07 Å². The third-order valence-corrected chi connectivity index (χ3v) is 3.07. The van der Waals surface area contributed by atoms with Gasteiger partial charge in [0.25, 0.3) is 0 Å². The number of carboxylic acid groups (broad SMARTS) is 1. The van der Waals surface area contributed by atoms with E-state index in [0.29, 0.717) is 11.7 Å². The summed E-state index contributed by atoms with van der Waals surface area (Å²) in [5.74, 6) is -0.232. The number of anilines is 2. The Labute approximate surface area is 94.5 Å². The van der Waals surface area contributed by atoms with Crippen molar-refractivity contribution in [1.29, 1.82) is 0 Å². The van der Waals surface area contributed by atoms with Gasteiger partial charge in [0.2, 0.25) is 0 Å². The second kappa shape index (κ2) is 4.04. The van der Waals surface area contributed by atoms with E-state index >= 15 is 0 Å². The fraction of sp³-hybridized carbons (Fsp3) is 0.417. The molecule has 16 heavy (non-hydrogen) atoms. The Morgan fingerprint density at radius 2 is 2.19 bits per heavy atom. The Morgan fingerprint density at radius 3 is 2.75 bits per heavy atom. The molecule has 1 saturated carbocycles. The van der Waals surface area contributed by atoms with E-state index < -0.39 is 5.97 Å². The van der Waals surface area contributed by atoms with Crippen molar-refractivity contribution < 1.29 is 9.90 Å². The molecule has 2 rings (SSSR count). The van der Waals surface area contributed by atoms with Gasteiger partial charge in [0, 0.05) is 6.04 Å². The van der Waals surface area contributed by atoms with Gasteiger partial charge in [-0.1, -0.05) is 13.0 Å². The summed E-state index contributed by atoms with van der Waals surface area (Å²) < 4.78 is 0. The highest BCUT2D eigenvalue weighted by molar-refractivity contribution is 5.97. The molecule has 0 atom stereocenters. The van der Waals surface area contributed by atoms with Gasteiger partial charge in [0.15, 0.2) is 0 Å². The number of carboxylic acids is 1. The number of aromatic carboxylic acids is 1. The molecule has 0 amide bonds. The van der Waals surface area contributed by atoms with Crippen molar-refractivity contribution in [3.63, 3.8) is 0 Å². The minimum absolute atomic E-state index is 0.164. The highest BCUT2D eigenvalue weighted by Gasteiger charge is 2.25. The quantitative estimate of drug-likeness (QED) is 0.682. The van der Waals surface area contributed by atoms with Gasteiger partial charge in [-0.05, 0) is 30.9 Å². The van der Waals surface area contributed by atoms with Crippen LogP contribution in [0.1, 0.15) is 30.1 Å². The molecule has 4 nitrogen and oxygen atoms in total. The first kappa shape index (κ1) is 10.8. The maximum atomic E-state index is 10.9. The fourth-order valence-electron chi connectivity index (χ4n) is 2.12. The van der Waals surface area contributed by atoms with Crippen LogP contribution in [0.5, 0.6) is 0 Å². The molecule has 1 aliphatic rings. The van der Waals surface area contributed by atoms with Gasteiger partial charge in [-0.3, -0.25) is 0 Å². The highest BCUT2D eigenvalue weighted by Crippen LogP contribution is 2.32. The van der Waals surface area contributed by atoms with Gasteiger partial charge in [-0.2, -0.15) is 0 Å². The van der Waals surface area contributed by atoms with E-state index in [-0.39, 0.29) is 5.56 Å². The third kappa shape index (κ3) is 1.96. The fourth-order valence-corrected chi connectivity index (χ4v) is 2.12. The number of nitrogens with two attached hydrogens (primary N) is 1. The number of rotatable bonds is 3. The maximum Gasteiger partial charge on any atom is 0.337 e. The third-order valence-electron chi connectivity index (χ3n) is 3.07. The average Bonchev–Trinajstić information content (AvgIpc) is 2.18. The first-order valence-electron chi connectivity index (χ1n) is 5.46. The standard InChI is InChI=1S/C12H16N2O2/c1-7-5-8(6-7)14-10-4-2-3-9(11(10)13)12(15)16/h2-4,7-8,14H,5-6,13H2,1H3,(H,15,16). The molecule has 0 heterocycles. The Bertz CT molecular complexity index is 411. The van der Waals surface area contributed by atoms with Crippen LogP contribution in [0.3, 0.4) is 0 Å². The topological polar surface area (TPSA) is 75.3 Å². The minimum Gasteiger partial charge on any atom is -0.478 e. The Morgan fingerprint density at radius 1 is 1.50 bits per heavy atom. The van der Waals surface area contributed by atoms with E-state index in [2.05, 4.69) is 12.2 Å². The Kier molecular flexibility index (Phi) is 2.73. The maximum absolute atomic E-state index is 10.9. The van der Waals surface area contributed by atoms with Crippen LogP contribution in [0.4, 0.5) is 11.4 Å². The van der Waals surface area contributed by atoms with E-state index in [1.165, 1.54) is 6.07 Å². The van der Waals surface area contributed by atoms with Crippen molar-refractivity contribution in [2.75, 3.05) is 11.1 Å². The van der Waals surface area contributed by atoms with E-state index in [0.717, 1.165) is 24.4 Å². The molecule has 4 heteroatoms. The van der Waals surface area contributed by atoms with Gasteiger partial charge in [-0.15, -0.1) is 0 Å². The van der Waals surface area contributed by atoms with Crippen molar-refractivity contribution >= 4 is 17.3 Å². The van der Waals surface area contributed by atoms with E-state index in [4.69, 9.17) is 10.8 Å². The van der Waals surface area contributed by atoms with Gasteiger partial charge < -0.3 is 16.2 Å². The first-order chi connectivity index (χ1) is 7.58. The van der Waals surface area contributed by atoms with Crippen LogP contribution in [-0.4, -0.2) is 17.1 Å². The second-order valence-corrected chi connectivity index (χ2v) is 4.49. The molecule has 0 aliphatic heterocycles. The van der Waals surface area contributed by atoms with Gasteiger partial charge in [0.05, 0.1) is 16.9 Å². The largest absolute Gasteiger partial charge is 0.478 e. The molecular formula is C12H16N2O2. The summed E-state index contributed by atoms with van der Waals surface area (Å²) in [5.41, 5.74) is 7.03. The van der Waals surface area contributed by atoms with Gasteiger partial charge in [0.1, 0.15) is 0 Å².